The Morgan fingerprint density at radius 2 is 0.725 bits per heavy atom. The van der Waals surface area contributed by atoms with E-state index in [0.717, 1.165) is 33.4 Å². The van der Waals surface area contributed by atoms with Crippen LogP contribution >= 0.6 is 0 Å². The van der Waals surface area contributed by atoms with Gasteiger partial charge in [-0.05, 0) is 96.5 Å². The number of aromatic hydroxyl groups is 4. The van der Waals surface area contributed by atoms with Gasteiger partial charge in [0, 0.05) is 23.3 Å². The standard InChI is InChI=1S/C32H34O8/c1-37-29-17-27(31(39-3)13-21(29)7-5-19-9-23(33)15-24(34)10-19)28-18-30(38-2)22(14-32(28)40-4)8-6-20-11-25(35)16-26(36)12-20/h9-18,33-36H,5-8H2,1-4H3. The molecule has 0 unspecified atom stereocenters. The van der Waals surface area contributed by atoms with Gasteiger partial charge in [-0.25, -0.2) is 0 Å². The fraction of sp³-hybridized carbons (Fsp3) is 0.250. The van der Waals surface area contributed by atoms with Crippen molar-refractivity contribution in [2.45, 2.75) is 25.7 Å². The molecule has 0 aromatic heterocycles. The van der Waals surface area contributed by atoms with Crippen LogP contribution in [0.1, 0.15) is 22.3 Å². The van der Waals surface area contributed by atoms with Gasteiger partial charge in [0.2, 0.25) is 0 Å². The van der Waals surface area contributed by atoms with Crippen LogP contribution in [0.2, 0.25) is 0 Å². The Balaban J connectivity index is 1.67. The summed E-state index contributed by atoms with van der Waals surface area (Å²) in [5.41, 5.74) is 4.93. The maximum absolute atomic E-state index is 9.81. The lowest BCUT2D eigenvalue weighted by Gasteiger charge is -2.19. The lowest BCUT2D eigenvalue weighted by Crippen LogP contribution is -2.01. The number of methoxy groups -OCH3 is 4. The van der Waals surface area contributed by atoms with Gasteiger partial charge in [-0.3, -0.25) is 0 Å². The molecule has 0 aliphatic rings. The van der Waals surface area contributed by atoms with Crippen molar-refractivity contribution in [2.24, 2.45) is 0 Å². The maximum Gasteiger partial charge on any atom is 0.127 e. The van der Waals surface area contributed by atoms with E-state index in [4.69, 9.17) is 18.9 Å². The molecule has 0 fully saturated rings. The van der Waals surface area contributed by atoms with Crippen molar-refractivity contribution in [1.29, 1.82) is 0 Å². The van der Waals surface area contributed by atoms with Crippen LogP contribution in [0.5, 0.6) is 46.0 Å². The molecule has 0 heterocycles. The van der Waals surface area contributed by atoms with Gasteiger partial charge in [0.1, 0.15) is 46.0 Å². The molecule has 0 spiro atoms. The van der Waals surface area contributed by atoms with Crippen LogP contribution < -0.4 is 18.9 Å². The smallest absolute Gasteiger partial charge is 0.127 e. The van der Waals surface area contributed by atoms with Crippen LogP contribution in [0.15, 0.2) is 60.7 Å². The summed E-state index contributed by atoms with van der Waals surface area (Å²) in [4.78, 5) is 0. The van der Waals surface area contributed by atoms with Crippen molar-refractivity contribution in [3.63, 3.8) is 0 Å². The van der Waals surface area contributed by atoms with Crippen LogP contribution in [0.3, 0.4) is 0 Å². The summed E-state index contributed by atoms with van der Waals surface area (Å²) >= 11 is 0. The third kappa shape index (κ3) is 6.46. The zero-order chi connectivity index (χ0) is 28.8. The van der Waals surface area contributed by atoms with E-state index in [1.807, 2.05) is 24.3 Å². The Morgan fingerprint density at radius 3 is 1.02 bits per heavy atom. The summed E-state index contributed by atoms with van der Waals surface area (Å²) in [5, 5.41) is 39.3. The van der Waals surface area contributed by atoms with Gasteiger partial charge in [0.25, 0.3) is 0 Å². The number of aryl methyl sites for hydroxylation is 4. The second-order valence-corrected chi connectivity index (χ2v) is 9.44. The van der Waals surface area contributed by atoms with Crippen LogP contribution in [0, 0.1) is 0 Å². The molecule has 0 atom stereocenters. The summed E-state index contributed by atoms with van der Waals surface area (Å²) in [7, 11) is 6.42. The first kappa shape index (κ1) is 28.3. The van der Waals surface area contributed by atoms with Crippen molar-refractivity contribution in [2.75, 3.05) is 28.4 Å². The van der Waals surface area contributed by atoms with Crippen molar-refractivity contribution in [3.8, 4) is 57.1 Å². The first-order valence-corrected chi connectivity index (χ1v) is 12.8. The number of rotatable bonds is 11. The van der Waals surface area contributed by atoms with E-state index in [2.05, 4.69) is 0 Å². The van der Waals surface area contributed by atoms with E-state index in [1.54, 1.807) is 52.7 Å². The van der Waals surface area contributed by atoms with Crippen LogP contribution in [-0.2, 0) is 25.7 Å². The van der Waals surface area contributed by atoms with E-state index < -0.39 is 0 Å². The second kappa shape index (κ2) is 12.4. The normalized spacial score (nSPS) is 10.8. The number of benzene rings is 4. The lowest BCUT2D eigenvalue weighted by atomic mass is 9.95. The minimum Gasteiger partial charge on any atom is -0.508 e. The first-order valence-electron chi connectivity index (χ1n) is 12.8. The van der Waals surface area contributed by atoms with Gasteiger partial charge in [-0.1, -0.05) is 0 Å². The number of hydrogen-bond acceptors (Lipinski definition) is 8. The molecule has 4 aromatic carbocycles. The molecule has 4 aromatic rings. The van der Waals surface area contributed by atoms with Gasteiger partial charge in [-0.15, -0.1) is 0 Å². The summed E-state index contributed by atoms with van der Waals surface area (Å²) in [6.07, 6.45) is 2.33. The van der Waals surface area contributed by atoms with Crippen molar-refractivity contribution < 1.29 is 39.4 Å². The fourth-order valence-electron chi connectivity index (χ4n) is 4.89. The lowest BCUT2D eigenvalue weighted by molar-refractivity contribution is 0.395. The van der Waals surface area contributed by atoms with Gasteiger partial charge < -0.3 is 39.4 Å². The third-order valence-corrected chi connectivity index (χ3v) is 6.79. The monoisotopic (exact) mass is 546 g/mol. The molecular formula is C32H34O8. The molecule has 40 heavy (non-hydrogen) atoms. The van der Waals surface area contributed by atoms with E-state index in [9.17, 15) is 20.4 Å². The number of phenols is 4. The molecule has 4 N–H and O–H groups in total. The molecule has 210 valence electrons. The number of ether oxygens (including phenoxy) is 4. The molecule has 0 saturated carbocycles. The van der Waals surface area contributed by atoms with E-state index in [0.29, 0.717) is 48.7 Å². The quantitative estimate of drug-likeness (QED) is 0.187. The molecular weight excluding hydrogens is 512 g/mol. The zero-order valence-corrected chi connectivity index (χ0v) is 23.0. The molecule has 4 rings (SSSR count). The number of hydrogen-bond donors (Lipinski definition) is 4. The first-order chi connectivity index (χ1) is 19.2. The van der Waals surface area contributed by atoms with E-state index in [-0.39, 0.29) is 23.0 Å². The average Bonchev–Trinajstić information content (AvgIpc) is 2.93. The largest absolute Gasteiger partial charge is 0.508 e. The van der Waals surface area contributed by atoms with Crippen LogP contribution in [0.4, 0.5) is 0 Å². The topological polar surface area (TPSA) is 118 Å². The van der Waals surface area contributed by atoms with Gasteiger partial charge in [0.15, 0.2) is 0 Å². The zero-order valence-electron chi connectivity index (χ0n) is 23.0. The highest BCUT2D eigenvalue weighted by molar-refractivity contribution is 5.79. The third-order valence-electron chi connectivity index (χ3n) is 6.79. The van der Waals surface area contributed by atoms with Crippen molar-refractivity contribution >= 4 is 0 Å². The molecule has 8 heteroatoms. The Hall–Kier alpha value is -4.72. The minimum atomic E-state index is 0.0134. The van der Waals surface area contributed by atoms with Gasteiger partial charge in [-0.2, -0.15) is 0 Å². The molecule has 0 bridgehead atoms. The highest BCUT2D eigenvalue weighted by Gasteiger charge is 2.19. The highest BCUT2D eigenvalue weighted by atomic mass is 16.5. The maximum atomic E-state index is 9.81. The summed E-state index contributed by atoms with van der Waals surface area (Å²) in [6, 6.07) is 16.7. The highest BCUT2D eigenvalue weighted by Crippen LogP contribution is 2.43. The molecule has 0 aliphatic heterocycles. The number of phenolic OH excluding ortho intramolecular Hbond substituents is 4. The SMILES string of the molecule is COc1cc(-c2cc(OC)c(CCc3cc(O)cc(O)c3)cc2OC)c(OC)cc1CCc1cc(O)cc(O)c1. The predicted octanol–water partition coefficient (Wildman–Crippen LogP) is 5.78. The Labute approximate surface area is 233 Å². The Kier molecular flexibility index (Phi) is 8.79. The Bertz CT molecular complexity index is 1340. The summed E-state index contributed by atoms with van der Waals surface area (Å²) in [5.74, 6) is 2.62. The van der Waals surface area contributed by atoms with Gasteiger partial charge in [0.05, 0.1) is 28.4 Å². The summed E-state index contributed by atoms with van der Waals surface area (Å²) in [6.45, 7) is 0. The Morgan fingerprint density at radius 1 is 0.400 bits per heavy atom. The van der Waals surface area contributed by atoms with E-state index >= 15 is 0 Å². The molecule has 0 saturated heterocycles. The molecule has 8 nitrogen and oxygen atoms in total. The summed E-state index contributed by atoms with van der Waals surface area (Å²) < 4.78 is 23.0. The van der Waals surface area contributed by atoms with E-state index in [1.165, 1.54) is 12.1 Å². The second-order valence-electron chi connectivity index (χ2n) is 9.44. The minimum absolute atomic E-state index is 0.0134. The average molecular weight is 547 g/mol. The molecule has 0 aliphatic carbocycles. The van der Waals surface area contributed by atoms with Crippen molar-refractivity contribution in [1.82, 2.24) is 0 Å². The van der Waals surface area contributed by atoms with Crippen LogP contribution in [-0.4, -0.2) is 48.9 Å². The van der Waals surface area contributed by atoms with Gasteiger partial charge >= 0.3 is 0 Å². The van der Waals surface area contributed by atoms with Crippen molar-refractivity contribution in [3.05, 3.63) is 82.9 Å². The predicted molar refractivity (Wildman–Crippen MR) is 152 cm³/mol. The van der Waals surface area contributed by atoms with Crippen LogP contribution in [0.25, 0.3) is 11.1 Å². The molecule has 0 radical (unpaired) electrons. The fourth-order valence-corrected chi connectivity index (χ4v) is 4.89. The molecule has 0 amide bonds.